The van der Waals surface area contributed by atoms with E-state index in [1.165, 1.54) is 0 Å². The van der Waals surface area contributed by atoms with Gasteiger partial charge in [-0.15, -0.1) is 0 Å². The highest BCUT2D eigenvalue weighted by molar-refractivity contribution is 7.92. The van der Waals surface area contributed by atoms with E-state index in [9.17, 15) is 13.2 Å². The van der Waals surface area contributed by atoms with Crippen molar-refractivity contribution in [2.45, 2.75) is 6.42 Å². The minimum Gasteiger partial charge on any atom is -0.336 e. The summed E-state index contributed by atoms with van der Waals surface area (Å²) in [5, 5.41) is 2.72. The number of nitrogens with zero attached hydrogens (tertiary/aromatic N) is 1. The number of aryl methyl sites for hydroxylation is 1. The van der Waals surface area contributed by atoms with Gasteiger partial charge in [0.05, 0.1) is 11.4 Å². The quantitative estimate of drug-likeness (QED) is 0.842. The van der Waals surface area contributed by atoms with E-state index in [-0.39, 0.29) is 11.8 Å². The van der Waals surface area contributed by atoms with Crippen LogP contribution in [0.4, 0.5) is 16.2 Å². The Kier molecular flexibility index (Phi) is 4.71. The second-order valence-corrected chi connectivity index (χ2v) is 7.43. The summed E-state index contributed by atoms with van der Waals surface area (Å²) in [5.74, 6) is 0.00540. The number of nitrogens with one attached hydrogen (secondary N) is 2. The van der Waals surface area contributed by atoms with Gasteiger partial charge in [0, 0.05) is 18.8 Å². The summed E-state index contributed by atoms with van der Waals surface area (Å²) >= 11 is 0. The van der Waals surface area contributed by atoms with E-state index in [4.69, 9.17) is 0 Å². The summed E-state index contributed by atoms with van der Waals surface area (Å²) in [6.07, 6.45) is 0.449. The van der Waals surface area contributed by atoms with E-state index in [0.717, 1.165) is 5.56 Å². The highest BCUT2D eigenvalue weighted by Crippen LogP contribution is 2.21. The largest absolute Gasteiger partial charge is 0.336 e. The fourth-order valence-corrected chi connectivity index (χ4v) is 3.68. The second-order valence-electron chi connectivity index (χ2n) is 5.59. The maximum absolute atomic E-state index is 12.3. The summed E-state index contributed by atoms with van der Waals surface area (Å²) in [4.78, 5) is 13.3. The zero-order chi connectivity index (χ0) is 17.0. The van der Waals surface area contributed by atoms with Gasteiger partial charge in [-0.25, -0.2) is 13.2 Å². The third-order valence-electron chi connectivity index (χ3n) is 3.79. The average molecular weight is 345 g/mol. The molecule has 0 unspecified atom stereocenters. The minimum atomic E-state index is -3.46. The number of benzene rings is 2. The van der Waals surface area contributed by atoms with Crippen LogP contribution in [-0.4, -0.2) is 33.3 Å². The molecule has 0 radical (unpaired) electrons. The number of hydrogen-bond donors (Lipinski definition) is 2. The Morgan fingerprint density at radius 2 is 1.88 bits per heavy atom. The van der Waals surface area contributed by atoms with Crippen LogP contribution in [0.5, 0.6) is 0 Å². The fraction of sp³-hybridized carbons (Fsp3) is 0.235. The maximum atomic E-state index is 12.3. The summed E-state index contributed by atoms with van der Waals surface area (Å²) in [6, 6.07) is 16.2. The predicted molar refractivity (Wildman–Crippen MR) is 94.7 cm³/mol. The average Bonchev–Trinajstić information content (AvgIpc) is 3.00. The van der Waals surface area contributed by atoms with Crippen LogP contribution >= 0.6 is 0 Å². The molecule has 1 heterocycles. The summed E-state index contributed by atoms with van der Waals surface area (Å²) < 4.78 is 27.1. The molecule has 0 spiro atoms. The molecule has 2 N–H and O–H groups in total. The number of amides is 2. The zero-order valence-electron chi connectivity index (χ0n) is 13.1. The lowest BCUT2D eigenvalue weighted by molar-refractivity contribution is 0.252. The number of rotatable bonds is 6. The fourth-order valence-electron chi connectivity index (χ4n) is 2.58. The van der Waals surface area contributed by atoms with Crippen LogP contribution in [0.1, 0.15) is 5.56 Å². The van der Waals surface area contributed by atoms with Crippen molar-refractivity contribution in [1.29, 1.82) is 0 Å². The van der Waals surface area contributed by atoms with Crippen molar-refractivity contribution in [2.24, 2.45) is 0 Å². The summed E-state index contributed by atoms with van der Waals surface area (Å²) in [5.41, 5.74) is 2.11. The number of carbonyl (C=O) groups excluding carboxylic acids is 1. The molecule has 0 bridgehead atoms. The predicted octanol–water partition coefficient (Wildman–Crippen LogP) is 2.20. The van der Waals surface area contributed by atoms with E-state index in [1.807, 2.05) is 30.3 Å². The lowest BCUT2D eigenvalue weighted by Crippen LogP contribution is -2.27. The molecular weight excluding hydrogens is 326 g/mol. The zero-order valence-corrected chi connectivity index (χ0v) is 13.9. The van der Waals surface area contributed by atoms with Gasteiger partial charge in [0.25, 0.3) is 0 Å². The highest BCUT2D eigenvalue weighted by Gasteiger charge is 2.21. The Morgan fingerprint density at radius 3 is 2.58 bits per heavy atom. The molecule has 24 heavy (non-hydrogen) atoms. The van der Waals surface area contributed by atoms with Gasteiger partial charge >= 0.3 is 6.03 Å². The van der Waals surface area contributed by atoms with Crippen LogP contribution in [0.3, 0.4) is 0 Å². The number of urea groups is 1. The van der Waals surface area contributed by atoms with Crippen LogP contribution in [0.15, 0.2) is 54.6 Å². The van der Waals surface area contributed by atoms with Gasteiger partial charge in [0.15, 0.2) is 0 Å². The molecule has 1 aliphatic rings. The van der Waals surface area contributed by atoms with E-state index in [2.05, 4.69) is 10.0 Å². The van der Waals surface area contributed by atoms with Crippen molar-refractivity contribution in [3.05, 3.63) is 60.2 Å². The molecule has 2 aromatic rings. The standard InChI is InChI=1S/C17H19N3O3S/c21-17-18-10-11-20(17)16-8-4-7-15(13-16)19-24(22,23)12-9-14-5-2-1-3-6-14/h1-8,13,19H,9-12H2,(H,18,21). The maximum Gasteiger partial charge on any atom is 0.321 e. The van der Waals surface area contributed by atoms with Crippen LogP contribution in [0.2, 0.25) is 0 Å². The number of sulfonamides is 1. The third-order valence-corrected chi connectivity index (χ3v) is 5.08. The summed E-state index contributed by atoms with van der Waals surface area (Å²) in [6.45, 7) is 1.16. The van der Waals surface area contributed by atoms with Gasteiger partial charge in [-0.05, 0) is 30.2 Å². The van der Waals surface area contributed by atoms with Crippen molar-refractivity contribution in [3.8, 4) is 0 Å². The third kappa shape index (κ3) is 4.05. The molecule has 6 nitrogen and oxygen atoms in total. The topological polar surface area (TPSA) is 78.5 Å². The van der Waals surface area contributed by atoms with Gasteiger partial charge in [0.2, 0.25) is 10.0 Å². The Bertz CT molecular complexity index is 822. The first-order valence-electron chi connectivity index (χ1n) is 7.73. The van der Waals surface area contributed by atoms with Gasteiger partial charge in [-0.1, -0.05) is 36.4 Å². The van der Waals surface area contributed by atoms with E-state index in [1.54, 1.807) is 29.2 Å². The Hall–Kier alpha value is -2.54. The molecule has 2 aromatic carbocycles. The van der Waals surface area contributed by atoms with Gasteiger partial charge in [0.1, 0.15) is 0 Å². The monoisotopic (exact) mass is 345 g/mol. The summed E-state index contributed by atoms with van der Waals surface area (Å²) in [7, 11) is -3.46. The van der Waals surface area contributed by atoms with Crippen LogP contribution < -0.4 is 14.9 Å². The molecule has 7 heteroatoms. The Labute approximate surface area is 141 Å². The van der Waals surface area contributed by atoms with Crippen molar-refractivity contribution in [3.63, 3.8) is 0 Å². The highest BCUT2D eigenvalue weighted by atomic mass is 32.2. The van der Waals surface area contributed by atoms with Crippen LogP contribution in [0.25, 0.3) is 0 Å². The normalized spacial score (nSPS) is 14.5. The molecule has 2 amide bonds. The Morgan fingerprint density at radius 1 is 1.08 bits per heavy atom. The Balaban J connectivity index is 1.67. The van der Waals surface area contributed by atoms with Crippen LogP contribution in [0, 0.1) is 0 Å². The first kappa shape index (κ1) is 16.3. The molecule has 0 atom stereocenters. The molecule has 0 saturated carbocycles. The molecule has 1 saturated heterocycles. The molecule has 3 rings (SSSR count). The lowest BCUT2D eigenvalue weighted by atomic mass is 10.2. The van der Waals surface area contributed by atoms with Crippen molar-refractivity contribution < 1.29 is 13.2 Å². The van der Waals surface area contributed by atoms with Crippen molar-refractivity contribution in [2.75, 3.05) is 28.5 Å². The minimum absolute atomic E-state index is 0.00540. The molecule has 1 fully saturated rings. The smallest absolute Gasteiger partial charge is 0.321 e. The van der Waals surface area contributed by atoms with E-state index < -0.39 is 10.0 Å². The molecule has 1 aliphatic heterocycles. The van der Waals surface area contributed by atoms with Crippen molar-refractivity contribution in [1.82, 2.24) is 5.32 Å². The van der Waals surface area contributed by atoms with Gasteiger partial charge in [-0.3, -0.25) is 9.62 Å². The van der Waals surface area contributed by atoms with Gasteiger partial charge < -0.3 is 5.32 Å². The number of carbonyl (C=O) groups is 1. The molecule has 0 aromatic heterocycles. The SMILES string of the molecule is O=C1NCCN1c1cccc(NS(=O)(=O)CCc2ccccc2)c1. The lowest BCUT2D eigenvalue weighted by Gasteiger charge is -2.16. The van der Waals surface area contributed by atoms with E-state index in [0.29, 0.717) is 30.9 Å². The van der Waals surface area contributed by atoms with E-state index >= 15 is 0 Å². The molecule has 0 aliphatic carbocycles. The van der Waals surface area contributed by atoms with Crippen molar-refractivity contribution >= 4 is 27.4 Å². The van der Waals surface area contributed by atoms with Gasteiger partial charge in [-0.2, -0.15) is 0 Å². The second kappa shape index (κ2) is 6.92. The molecule has 126 valence electrons. The number of hydrogen-bond acceptors (Lipinski definition) is 3. The first-order chi connectivity index (χ1) is 11.5. The molecular formula is C17H19N3O3S. The number of anilines is 2. The first-order valence-corrected chi connectivity index (χ1v) is 9.39. The van der Waals surface area contributed by atoms with Crippen LogP contribution in [-0.2, 0) is 16.4 Å².